The van der Waals surface area contributed by atoms with Crippen LogP contribution in [0.5, 0.6) is 0 Å². The van der Waals surface area contributed by atoms with Crippen LogP contribution < -0.4 is 11.1 Å². The first-order chi connectivity index (χ1) is 10.0. The third-order valence-corrected chi connectivity index (χ3v) is 5.26. The lowest BCUT2D eigenvalue weighted by molar-refractivity contribution is -0.150. The summed E-state index contributed by atoms with van der Waals surface area (Å²) >= 11 is 0. The second-order valence-corrected chi connectivity index (χ2v) is 6.83. The summed E-state index contributed by atoms with van der Waals surface area (Å²) in [6.07, 6.45) is 8.88. The summed E-state index contributed by atoms with van der Waals surface area (Å²) in [5, 5.41) is 12.5. The summed E-state index contributed by atoms with van der Waals surface area (Å²) in [6, 6.07) is 0.223. The second-order valence-electron chi connectivity index (χ2n) is 6.83. The van der Waals surface area contributed by atoms with Gasteiger partial charge in [0.05, 0.1) is 5.41 Å². The van der Waals surface area contributed by atoms with Crippen LogP contribution in [-0.2, 0) is 9.59 Å². The molecule has 0 spiro atoms. The number of amides is 1. The minimum absolute atomic E-state index is 0.0152. The molecule has 0 aromatic carbocycles. The first-order valence-electron chi connectivity index (χ1n) is 8.30. The summed E-state index contributed by atoms with van der Waals surface area (Å²) in [5.74, 6) is -0.719. The van der Waals surface area contributed by atoms with Gasteiger partial charge in [0.1, 0.15) is 0 Å². The fraction of sp³-hybridized carbons (Fsp3) is 0.875. The van der Waals surface area contributed by atoms with Crippen LogP contribution in [-0.4, -0.2) is 29.6 Å². The quantitative estimate of drug-likeness (QED) is 0.692. The highest BCUT2D eigenvalue weighted by Crippen LogP contribution is 2.35. The monoisotopic (exact) mass is 296 g/mol. The van der Waals surface area contributed by atoms with Gasteiger partial charge in [-0.2, -0.15) is 0 Å². The predicted octanol–water partition coefficient (Wildman–Crippen LogP) is 2.05. The van der Waals surface area contributed by atoms with E-state index in [1.54, 1.807) is 0 Å². The zero-order chi connectivity index (χ0) is 15.3. The van der Waals surface area contributed by atoms with Crippen LogP contribution in [0.25, 0.3) is 0 Å². The minimum Gasteiger partial charge on any atom is -0.481 e. The lowest BCUT2D eigenvalue weighted by Crippen LogP contribution is -2.45. The van der Waals surface area contributed by atoms with Gasteiger partial charge in [-0.1, -0.05) is 25.7 Å². The van der Waals surface area contributed by atoms with Gasteiger partial charge in [-0.3, -0.25) is 9.59 Å². The number of rotatable bonds is 4. The summed E-state index contributed by atoms with van der Waals surface area (Å²) < 4.78 is 0. The van der Waals surface area contributed by atoms with Crippen LogP contribution in [0.2, 0.25) is 0 Å². The van der Waals surface area contributed by atoms with Gasteiger partial charge in [0.25, 0.3) is 0 Å². The maximum atomic E-state index is 12.3. The number of aliphatic carboxylic acids is 1. The van der Waals surface area contributed by atoms with Crippen molar-refractivity contribution in [2.45, 2.75) is 70.3 Å². The van der Waals surface area contributed by atoms with E-state index in [1.165, 1.54) is 0 Å². The summed E-state index contributed by atoms with van der Waals surface area (Å²) in [6.45, 7) is 0.281. The highest BCUT2D eigenvalue weighted by molar-refractivity contribution is 5.80. The van der Waals surface area contributed by atoms with E-state index in [9.17, 15) is 14.7 Å². The molecule has 0 atom stereocenters. The largest absolute Gasteiger partial charge is 0.481 e. The zero-order valence-corrected chi connectivity index (χ0v) is 12.8. The number of carbonyl (C=O) groups excluding carboxylic acids is 1. The lowest BCUT2D eigenvalue weighted by Gasteiger charge is -2.30. The van der Waals surface area contributed by atoms with Crippen LogP contribution in [0.15, 0.2) is 0 Å². The molecule has 0 radical (unpaired) electrons. The van der Waals surface area contributed by atoms with E-state index in [2.05, 4.69) is 5.32 Å². The molecule has 2 saturated carbocycles. The van der Waals surface area contributed by atoms with Crippen LogP contribution in [0.4, 0.5) is 0 Å². The number of nitrogens with one attached hydrogen (secondary N) is 1. The van der Waals surface area contributed by atoms with Gasteiger partial charge in [0.2, 0.25) is 5.91 Å². The molecule has 0 saturated heterocycles. The SMILES string of the molecule is NC1CCC(C(=O)NCC2(C(=O)O)CCCCCC2)CC1. The third-order valence-electron chi connectivity index (χ3n) is 5.26. The van der Waals surface area contributed by atoms with Crippen molar-refractivity contribution in [2.24, 2.45) is 17.1 Å². The molecule has 0 heterocycles. The fourth-order valence-corrected chi connectivity index (χ4v) is 3.65. The number of hydrogen-bond donors (Lipinski definition) is 3. The van der Waals surface area contributed by atoms with Crippen molar-refractivity contribution in [2.75, 3.05) is 6.54 Å². The highest BCUT2D eigenvalue weighted by atomic mass is 16.4. The van der Waals surface area contributed by atoms with Gasteiger partial charge >= 0.3 is 5.97 Å². The summed E-state index contributed by atoms with van der Waals surface area (Å²) in [7, 11) is 0. The molecular weight excluding hydrogens is 268 g/mol. The van der Waals surface area contributed by atoms with E-state index in [1.807, 2.05) is 0 Å². The van der Waals surface area contributed by atoms with Crippen molar-refractivity contribution >= 4 is 11.9 Å². The molecule has 2 aliphatic carbocycles. The van der Waals surface area contributed by atoms with E-state index in [0.717, 1.165) is 51.4 Å². The first-order valence-corrected chi connectivity index (χ1v) is 8.30. The molecule has 0 bridgehead atoms. The molecule has 2 fully saturated rings. The van der Waals surface area contributed by atoms with Crippen LogP contribution in [0, 0.1) is 11.3 Å². The lowest BCUT2D eigenvalue weighted by atomic mass is 9.80. The van der Waals surface area contributed by atoms with Crippen molar-refractivity contribution < 1.29 is 14.7 Å². The summed E-state index contributed by atoms with van der Waals surface area (Å²) in [4.78, 5) is 23.9. The standard InChI is InChI=1S/C16H28N2O3/c17-13-7-5-12(6-8-13)14(19)18-11-16(15(20)21)9-3-1-2-4-10-16/h12-13H,1-11,17H2,(H,18,19)(H,20,21). The molecule has 4 N–H and O–H groups in total. The van der Waals surface area contributed by atoms with Gasteiger partial charge in [-0.15, -0.1) is 0 Å². The van der Waals surface area contributed by atoms with E-state index in [-0.39, 0.29) is 24.4 Å². The molecule has 1 amide bonds. The third kappa shape index (κ3) is 4.19. The predicted molar refractivity (Wildman–Crippen MR) is 80.7 cm³/mol. The molecule has 2 rings (SSSR count). The molecule has 120 valence electrons. The average molecular weight is 296 g/mol. The van der Waals surface area contributed by atoms with E-state index >= 15 is 0 Å². The maximum Gasteiger partial charge on any atom is 0.311 e. The van der Waals surface area contributed by atoms with E-state index in [4.69, 9.17) is 5.73 Å². The van der Waals surface area contributed by atoms with Crippen LogP contribution >= 0.6 is 0 Å². The Labute approximate surface area is 126 Å². The fourth-order valence-electron chi connectivity index (χ4n) is 3.65. The number of carbonyl (C=O) groups is 2. The normalized spacial score (nSPS) is 29.4. The van der Waals surface area contributed by atoms with Crippen LogP contribution in [0.1, 0.15) is 64.2 Å². The molecule has 0 aliphatic heterocycles. The molecule has 0 aromatic rings. The Hall–Kier alpha value is -1.10. The number of nitrogens with two attached hydrogens (primary N) is 1. The average Bonchev–Trinajstić information content (AvgIpc) is 2.72. The Morgan fingerprint density at radius 1 is 1.05 bits per heavy atom. The first kappa shape index (κ1) is 16.3. The Balaban J connectivity index is 1.89. The number of carboxylic acid groups (broad SMARTS) is 1. The molecular formula is C16H28N2O3. The molecule has 5 nitrogen and oxygen atoms in total. The van der Waals surface area contributed by atoms with Crippen molar-refractivity contribution in [1.82, 2.24) is 5.32 Å². The molecule has 5 heteroatoms. The topological polar surface area (TPSA) is 92.4 Å². The van der Waals surface area contributed by atoms with Gasteiger partial charge in [0.15, 0.2) is 0 Å². The van der Waals surface area contributed by atoms with Gasteiger partial charge in [-0.25, -0.2) is 0 Å². The highest BCUT2D eigenvalue weighted by Gasteiger charge is 2.39. The van der Waals surface area contributed by atoms with Crippen molar-refractivity contribution in [3.63, 3.8) is 0 Å². The Morgan fingerprint density at radius 2 is 1.62 bits per heavy atom. The molecule has 21 heavy (non-hydrogen) atoms. The maximum absolute atomic E-state index is 12.3. The zero-order valence-electron chi connectivity index (χ0n) is 12.8. The van der Waals surface area contributed by atoms with E-state index in [0.29, 0.717) is 12.8 Å². The Morgan fingerprint density at radius 3 is 2.14 bits per heavy atom. The van der Waals surface area contributed by atoms with Crippen molar-refractivity contribution in [1.29, 1.82) is 0 Å². The second kappa shape index (κ2) is 7.25. The molecule has 0 aromatic heterocycles. The van der Waals surface area contributed by atoms with Crippen molar-refractivity contribution in [3.8, 4) is 0 Å². The molecule has 0 unspecified atom stereocenters. The van der Waals surface area contributed by atoms with Crippen LogP contribution in [0.3, 0.4) is 0 Å². The van der Waals surface area contributed by atoms with Gasteiger partial charge < -0.3 is 16.2 Å². The number of hydrogen-bond acceptors (Lipinski definition) is 3. The molecule has 2 aliphatic rings. The smallest absolute Gasteiger partial charge is 0.311 e. The van der Waals surface area contributed by atoms with Crippen molar-refractivity contribution in [3.05, 3.63) is 0 Å². The summed E-state index contributed by atoms with van der Waals surface area (Å²) in [5.41, 5.74) is 5.10. The van der Waals surface area contributed by atoms with E-state index < -0.39 is 11.4 Å². The number of carboxylic acids is 1. The Kier molecular flexibility index (Phi) is 5.62. The Bertz CT molecular complexity index is 368. The van der Waals surface area contributed by atoms with Gasteiger partial charge in [-0.05, 0) is 38.5 Å². The minimum atomic E-state index is -0.754. The van der Waals surface area contributed by atoms with Gasteiger partial charge in [0, 0.05) is 18.5 Å².